The van der Waals surface area contributed by atoms with Crippen LogP contribution in [0.5, 0.6) is 0 Å². The van der Waals surface area contributed by atoms with Crippen molar-refractivity contribution in [3.63, 3.8) is 0 Å². The third-order valence-electron chi connectivity index (χ3n) is 4.51. The summed E-state index contributed by atoms with van der Waals surface area (Å²) in [6.45, 7) is 2.03. The molecule has 0 saturated carbocycles. The Morgan fingerprint density at radius 1 is 0.923 bits per heavy atom. The van der Waals surface area contributed by atoms with Gasteiger partial charge in [0.2, 0.25) is 11.8 Å². The third-order valence-corrected chi connectivity index (χ3v) is 5.52. The Hall–Kier alpha value is -2.27. The second kappa shape index (κ2) is 8.90. The maximum absolute atomic E-state index is 12.1. The number of aryl methyl sites for hydroxylation is 3. The molecule has 2 amide bonds. The van der Waals surface area contributed by atoms with E-state index in [0.29, 0.717) is 0 Å². The van der Waals surface area contributed by atoms with Crippen molar-refractivity contribution >= 4 is 23.6 Å². The second-order valence-electron chi connectivity index (χ2n) is 6.69. The van der Waals surface area contributed by atoms with Crippen molar-refractivity contribution in [2.75, 3.05) is 5.75 Å². The van der Waals surface area contributed by atoms with E-state index in [0.717, 1.165) is 23.3 Å². The molecule has 2 aromatic rings. The van der Waals surface area contributed by atoms with Crippen molar-refractivity contribution in [1.29, 1.82) is 0 Å². The Bertz CT molecular complexity index is 787. The predicted molar refractivity (Wildman–Crippen MR) is 105 cm³/mol. The molecule has 1 aliphatic rings. The standard InChI is InChI=1S/C21H24N2O2S/c1-15-6-10-19(11-7-15)26-14-21(25)23-22-20(24)13-16-8-9-17-4-2-3-5-18(17)12-16/h6-12H,2-5,13-14H2,1H3,(H,22,24)(H,23,25). The van der Waals surface area contributed by atoms with Gasteiger partial charge < -0.3 is 0 Å². The molecule has 0 bridgehead atoms. The molecule has 0 heterocycles. The van der Waals surface area contributed by atoms with Crippen LogP contribution in [0.3, 0.4) is 0 Å². The number of carbonyl (C=O) groups is 2. The highest BCUT2D eigenvalue weighted by Gasteiger charge is 2.11. The average Bonchev–Trinajstić information content (AvgIpc) is 2.66. The van der Waals surface area contributed by atoms with Crippen LogP contribution in [0.4, 0.5) is 0 Å². The van der Waals surface area contributed by atoms with Crippen LogP contribution in [0.1, 0.15) is 35.1 Å². The maximum Gasteiger partial charge on any atom is 0.248 e. The quantitative estimate of drug-likeness (QED) is 0.628. The van der Waals surface area contributed by atoms with Crippen molar-refractivity contribution < 1.29 is 9.59 Å². The molecule has 2 N–H and O–H groups in total. The number of hydrogen-bond acceptors (Lipinski definition) is 3. The summed E-state index contributed by atoms with van der Waals surface area (Å²) in [5, 5.41) is 0. The van der Waals surface area contributed by atoms with E-state index in [-0.39, 0.29) is 24.0 Å². The van der Waals surface area contributed by atoms with E-state index in [4.69, 9.17) is 0 Å². The molecule has 0 radical (unpaired) electrons. The lowest BCUT2D eigenvalue weighted by molar-refractivity contribution is -0.127. The van der Waals surface area contributed by atoms with Gasteiger partial charge in [-0.25, -0.2) is 0 Å². The van der Waals surface area contributed by atoms with Gasteiger partial charge in [-0.15, -0.1) is 11.8 Å². The lowest BCUT2D eigenvalue weighted by Gasteiger charge is -2.16. The van der Waals surface area contributed by atoms with Crippen LogP contribution in [0.2, 0.25) is 0 Å². The molecule has 0 spiro atoms. The molecule has 5 heteroatoms. The number of nitrogens with one attached hydrogen (secondary N) is 2. The van der Waals surface area contributed by atoms with Gasteiger partial charge in [-0.2, -0.15) is 0 Å². The van der Waals surface area contributed by atoms with Crippen LogP contribution in [-0.2, 0) is 28.9 Å². The number of hydrazine groups is 1. The smallest absolute Gasteiger partial charge is 0.248 e. The highest BCUT2D eigenvalue weighted by Crippen LogP contribution is 2.22. The molecular weight excluding hydrogens is 344 g/mol. The lowest BCUT2D eigenvalue weighted by Crippen LogP contribution is -2.43. The van der Waals surface area contributed by atoms with E-state index in [1.807, 2.05) is 37.3 Å². The van der Waals surface area contributed by atoms with Gasteiger partial charge in [0.15, 0.2) is 0 Å². The molecule has 0 aliphatic heterocycles. The summed E-state index contributed by atoms with van der Waals surface area (Å²) in [7, 11) is 0. The summed E-state index contributed by atoms with van der Waals surface area (Å²) in [6, 6.07) is 14.3. The first-order chi connectivity index (χ1) is 12.6. The summed E-state index contributed by atoms with van der Waals surface area (Å²) in [5.41, 5.74) is 9.94. The summed E-state index contributed by atoms with van der Waals surface area (Å²) >= 11 is 1.44. The van der Waals surface area contributed by atoms with Crippen molar-refractivity contribution in [2.24, 2.45) is 0 Å². The van der Waals surface area contributed by atoms with E-state index in [2.05, 4.69) is 23.0 Å². The number of benzene rings is 2. The van der Waals surface area contributed by atoms with Gasteiger partial charge in [0.25, 0.3) is 0 Å². The van der Waals surface area contributed by atoms with E-state index in [9.17, 15) is 9.59 Å². The van der Waals surface area contributed by atoms with Gasteiger partial charge in [-0.3, -0.25) is 20.4 Å². The van der Waals surface area contributed by atoms with Crippen molar-refractivity contribution in [1.82, 2.24) is 10.9 Å². The molecule has 0 aromatic heterocycles. The Balaban J connectivity index is 1.42. The summed E-state index contributed by atoms with van der Waals surface area (Å²) in [6.07, 6.45) is 4.98. The van der Waals surface area contributed by atoms with Crippen LogP contribution < -0.4 is 10.9 Å². The number of amides is 2. The first-order valence-electron chi connectivity index (χ1n) is 8.98. The molecular formula is C21H24N2O2S. The molecule has 136 valence electrons. The maximum atomic E-state index is 12.1. The average molecular weight is 369 g/mol. The van der Waals surface area contributed by atoms with Crippen LogP contribution >= 0.6 is 11.8 Å². The zero-order valence-corrected chi connectivity index (χ0v) is 15.8. The number of hydrogen-bond donors (Lipinski definition) is 2. The first-order valence-corrected chi connectivity index (χ1v) is 9.96. The van der Waals surface area contributed by atoms with Gasteiger partial charge in [0.05, 0.1) is 12.2 Å². The molecule has 0 fully saturated rings. The normalized spacial score (nSPS) is 13.0. The minimum absolute atomic E-state index is 0.200. The van der Waals surface area contributed by atoms with Crippen LogP contribution in [0.25, 0.3) is 0 Å². The topological polar surface area (TPSA) is 58.2 Å². The fraction of sp³-hybridized carbons (Fsp3) is 0.333. The highest BCUT2D eigenvalue weighted by atomic mass is 32.2. The third kappa shape index (κ3) is 5.36. The molecule has 0 atom stereocenters. The van der Waals surface area contributed by atoms with Gasteiger partial charge in [0.1, 0.15) is 0 Å². The number of rotatable bonds is 5. The molecule has 1 aliphatic carbocycles. The second-order valence-corrected chi connectivity index (χ2v) is 7.73. The minimum Gasteiger partial charge on any atom is -0.273 e. The lowest BCUT2D eigenvalue weighted by atomic mass is 9.90. The van der Waals surface area contributed by atoms with Gasteiger partial charge in [0, 0.05) is 4.90 Å². The number of thioether (sulfide) groups is 1. The van der Waals surface area contributed by atoms with E-state index in [1.165, 1.54) is 41.3 Å². The Morgan fingerprint density at radius 3 is 2.38 bits per heavy atom. The molecule has 0 saturated heterocycles. The Labute approximate surface area is 158 Å². The molecule has 2 aromatic carbocycles. The van der Waals surface area contributed by atoms with Crippen molar-refractivity contribution in [2.45, 2.75) is 43.9 Å². The fourth-order valence-corrected chi connectivity index (χ4v) is 3.78. The van der Waals surface area contributed by atoms with Crippen molar-refractivity contribution in [3.8, 4) is 0 Å². The van der Waals surface area contributed by atoms with E-state index in [1.54, 1.807) is 0 Å². The number of carbonyl (C=O) groups excluding carboxylic acids is 2. The van der Waals surface area contributed by atoms with Gasteiger partial charge in [-0.1, -0.05) is 35.9 Å². The molecule has 4 nitrogen and oxygen atoms in total. The van der Waals surface area contributed by atoms with Gasteiger partial charge >= 0.3 is 0 Å². The molecule has 3 rings (SSSR count). The monoisotopic (exact) mass is 368 g/mol. The summed E-state index contributed by atoms with van der Waals surface area (Å²) < 4.78 is 0. The predicted octanol–water partition coefficient (Wildman–Crippen LogP) is 3.36. The summed E-state index contributed by atoms with van der Waals surface area (Å²) in [5.74, 6) is -0.147. The molecule has 26 heavy (non-hydrogen) atoms. The zero-order chi connectivity index (χ0) is 18.4. The zero-order valence-electron chi connectivity index (χ0n) is 15.0. The number of fused-ring (bicyclic) bond motifs is 1. The minimum atomic E-state index is -0.214. The SMILES string of the molecule is Cc1ccc(SCC(=O)NNC(=O)Cc2ccc3c(c2)CCCC3)cc1. The first kappa shape index (κ1) is 18.5. The Kier molecular flexibility index (Phi) is 6.34. The van der Waals surface area contributed by atoms with Crippen LogP contribution in [0, 0.1) is 6.92 Å². The summed E-state index contributed by atoms with van der Waals surface area (Å²) in [4.78, 5) is 25.0. The van der Waals surface area contributed by atoms with Crippen LogP contribution in [-0.4, -0.2) is 17.6 Å². The largest absolute Gasteiger partial charge is 0.273 e. The Morgan fingerprint density at radius 2 is 1.62 bits per heavy atom. The van der Waals surface area contributed by atoms with Crippen LogP contribution in [0.15, 0.2) is 47.4 Å². The molecule has 0 unspecified atom stereocenters. The highest BCUT2D eigenvalue weighted by molar-refractivity contribution is 8.00. The van der Waals surface area contributed by atoms with Gasteiger partial charge in [-0.05, 0) is 61.4 Å². The van der Waals surface area contributed by atoms with E-state index < -0.39 is 0 Å². The fourth-order valence-electron chi connectivity index (χ4n) is 3.09. The van der Waals surface area contributed by atoms with Crippen molar-refractivity contribution in [3.05, 3.63) is 64.7 Å². The van der Waals surface area contributed by atoms with E-state index >= 15 is 0 Å².